The van der Waals surface area contributed by atoms with Crippen LogP contribution in [0.15, 0.2) is 22.3 Å². The van der Waals surface area contributed by atoms with Crippen molar-refractivity contribution in [1.29, 1.82) is 0 Å². The Balaban J connectivity index is 1.75. The van der Waals surface area contributed by atoms with Crippen LogP contribution in [0.5, 0.6) is 0 Å². The van der Waals surface area contributed by atoms with E-state index in [0.29, 0.717) is 23.4 Å². The molecule has 0 aromatic carbocycles. The van der Waals surface area contributed by atoms with Crippen molar-refractivity contribution in [3.63, 3.8) is 0 Å². The second kappa shape index (κ2) is 2.73. The van der Waals surface area contributed by atoms with E-state index in [1.807, 2.05) is 0 Å². The summed E-state index contributed by atoms with van der Waals surface area (Å²) < 4.78 is 0. The molecule has 0 spiro atoms. The molecule has 0 radical (unpaired) electrons. The molecule has 0 N–H and O–H groups in total. The first-order chi connectivity index (χ1) is 7.75. The number of rotatable bonds is 0. The van der Waals surface area contributed by atoms with E-state index in [0.717, 1.165) is 49.7 Å². The molecule has 0 aromatic rings. The van der Waals surface area contributed by atoms with Crippen molar-refractivity contribution >= 4 is 11.6 Å². The molecule has 0 amide bonds. The maximum atomic E-state index is 11.8. The van der Waals surface area contributed by atoms with Crippen molar-refractivity contribution in [2.45, 2.75) is 38.5 Å². The summed E-state index contributed by atoms with van der Waals surface area (Å²) in [6, 6.07) is 0. The number of ketones is 2. The molecule has 0 heterocycles. The van der Waals surface area contributed by atoms with E-state index < -0.39 is 0 Å². The van der Waals surface area contributed by atoms with Crippen LogP contribution in [0.25, 0.3) is 0 Å². The summed E-state index contributed by atoms with van der Waals surface area (Å²) >= 11 is 0. The number of Topliss-reactive ketones (excluding diaryl/α,β-unsaturated/α-hetero) is 2. The van der Waals surface area contributed by atoms with E-state index in [1.54, 1.807) is 0 Å². The SMILES string of the molecule is O=C1CCC2=C1C1CC3=C(C(=O)CC3)C1C2. The van der Waals surface area contributed by atoms with Crippen LogP contribution in [0.3, 0.4) is 0 Å². The molecule has 2 nitrogen and oxygen atoms in total. The highest BCUT2D eigenvalue weighted by Gasteiger charge is 2.49. The van der Waals surface area contributed by atoms with E-state index in [-0.39, 0.29) is 0 Å². The predicted octanol–water partition coefficient (Wildman–Crippen LogP) is 2.35. The fraction of sp³-hybridized carbons (Fsp3) is 0.571. The molecule has 2 heteroatoms. The molecule has 4 aliphatic carbocycles. The van der Waals surface area contributed by atoms with Crippen LogP contribution in [-0.2, 0) is 9.59 Å². The minimum absolute atomic E-state index is 0.371. The maximum absolute atomic E-state index is 11.8. The Labute approximate surface area is 94.4 Å². The molecule has 4 rings (SSSR count). The summed E-state index contributed by atoms with van der Waals surface area (Å²) in [4.78, 5) is 23.7. The van der Waals surface area contributed by atoms with Gasteiger partial charge in [0.1, 0.15) is 0 Å². The molecule has 16 heavy (non-hydrogen) atoms. The number of fused-ring (bicyclic) bond motifs is 3. The molecule has 0 fully saturated rings. The first-order valence-electron chi connectivity index (χ1n) is 6.26. The molecule has 0 saturated carbocycles. The second-order valence-electron chi connectivity index (χ2n) is 5.50. The Kier molecular flexibility index (Phi) is 1.52. The number of hydrogen-bond donors (Lipinski definition) is 0. The Morgan fingerprint density at radius 3 is 1.56 bits per heavy atom. The monoisotopic (exact) mass is 214 g/mol. The van der Waals surface area contributed by atoms with E-state index in [2.05, 4.69) is 0 Å². The quantitative estimate of drug-likeness (QED) is 0.620. The van der Waals surface area contributed by atoms with E-state index >= 15 is 0 Å². The first kappa shape index (κ1) is 8.91. The smallest absolute Gasteiger partial charge is 0.159 e. The topological polar surface area (TPSA) is 34.1 Å². The van der Waals surface area contributed by atoms with Gasteiger partial charge < -0.3 is 0 Å². The van der Waals surface area contributed by atoms with Gasteiger partial charge in [0.25, 0.3) is 0 Å². The van der Waals surface area contributed by atoms with Gasteiger partial charge in [-0.05, 0) is 48.7 Å². The fourth-order valence-electron chi connectivity index (χ4n) is 4.25. The lowest BCUT2D eigenvalue weighted by Gasteiger charge is -2.16. The summed E-state index contributed by atoms with van der Waals surface area (Å²) in [7, 11) is 0. The minimum Gasteiger partial charge on any atom is -0.295 e. The zero-order valence-electron chi connectivity index (χ0n) is 9.21. The van der Waals surface area contributed by atoms with Gasteiger partial charge in [-0.2, -0.15) is 0 Å². The summed E-state index contributed by atoms with van der Waals surface area (Å²) in [5.74, 6) is 1.55. The maximum Gasteiger partial charge on any atom is 0.159 e. The Bertz CT molecular complexity index is 447. The summed E-state index contributed by atoms with van der Waals surface area (Å²) in [5, 5.41) is 0. The normalized spacial score (nSPS) is 36.2. The zero-order chi connectivity index (χ0) is 10.9. The molecule has 2 atom stereocenters. The highest BCUT2D eigenvalue weighted by Crippen LogP contribution is 2.56. The van der Waals surface area contributed by atoms with Crippen LogP contribution in [-0.4, -0.2) is 11.6 Å². The van der Waals surface area contributed by atoms with Gasteiger partial charge in [0, 0.05) is 12.8 Å². The molecule has 0 saturated heterocycles. The molecule has 82 valence electrons. The van der Waals surface area contributed by atoms with Gasteiger partial charge >= 0.3 is 0 Å². The highest BCUT2D eigenvalue weighted by atomic mass is 16.1. The third kappa shape index (κ3) is 0.892. The largest absolute Gasteiger partial charge is 0.295 e. The van der Waals surface area contributed by atoms with Crippen molar-refractivity contribution in [3.8, 4) is 0 Å². The van der Waals surface area contributed by atoms with E-state index in [1.165, 1.54) is 11.1 Å². The standard InChI is InChI=1S/C14H14O2/c15-11-3-1-7-5-9-10(13(7)11)6-8-2-4-12(16)14(8)9/h9-10H,1-6H2. The zero-order valence-corrected chi connectivity index (χ0v) is 9.21. The van der Waals surface area contributed by atoms with Gasteiger partial charge in [-0.1, -0.05) is 11.1 Å². The summed E-state index contributed by atoms with van der Waals surface area (Å²) in [6.07, 6.45) is 5.42. The van der Waals surface area contributed by atoms with Crippen molar-refractivity contribution in [1.82, 2.24) is 0 Å². The van der Waals surface area contributed by atoms with Crippen LogP contribution < -0.4 is 0 Å². The summed E-state index contributed by atoms with van der Waals surface area (Å²) in [6.45, 7) is 0. The van der Waals surface area contributed by atoms with Crippen LogP contribution in [0.1, 0.15) is 38.5 Å². The van der Waals surface area contributed by atoms with Crippen LogP contribution in [0, 0.1) is 11.8 Å². The lowest BCUT2D eigenvalue weighted by molar-refractivity contribution is -0.117. The van der Waals surface area contributed by atoms with Gasteiger partial charge in [0.05, 0.1) is 0 Å². The number of carbonyl (C=O) groups excluding carboxylic acids is 2. The van der Waals surface area contributed by atoms with Crippen LogP contribution >= 0.6 is 0 Å². The molecule has 0 aliphatic heterocycles. The van der Waals surface area contributed by atoms with Crippen molar-refractivity contribution < 1.29 is 9.59 Å². The van der Waals surface area contributed by atoms with E-state index in [4.69, 9.17) is 0 Å². The molecule has 0 bridgehead atoms. The van der Waals surface area contributed by atoms with Gasteiger partial charge in [-0.15, -0.1) is 0 Å². The van der Waals surface area contributed by atoms with Gasteiger partial charge in [-0.3, -0.25) is 9.59 Å². The van der Waals surface area contributed by atoms with Gasteiger partial charge in [-0.25, -0.2) is 0 Å². The van der Waals surface area contributed by atoms with Crippen LogP contribution in [0.2, 0.25) is 0 Å². The number of carbonyl (C=O) groups is 2. The molecule has 0 aromatic heterocycles. The van der Waals surface area contributed by atoms with Crippen molar-refractivity contribution in [2.24, 2.45) is 11.8 Å². The molecule has 2 unspecified atom stereocenters. The number of hydrogen-bond acceptors (Lipinski definition) is 2. The third-order valence-corrected chi connectivity index (χ3v) is 4.83. The predicted molar refractivity (Wildman–Crippen MR) is 58.7 cm³/mol. The molecular formula is C14H14O2. The third-order valence-electron chi connectivity index (χ3n) is 4.83. The van der Waals surface area contributed by atoms with E-state index in [9.17, 15) is 9.59 Å². The average Bonchev–Trinajstić information content (AvgIpc) is 2.90. The van der Waals surface area contributed by atoms with Crippen molar-refractivity contribution in [2.75, 3.05) is 0 Å². The Hall–Kier alpha value is -1.18. The molecular weight excluding hydrogens is 200 g/mol. The van der Waals surface area contributed by atoms with Gasteiger partial charge in [0.15, 0.2) is 11.6 Å². The fourth-order valence-corrected chi connectivity index (χ4v) is 4.25. The van der Waals surface area contributed by atoms with Crippen LogP contribution in [0.4, 0.5) is 0 Å². The molecule has 4 aliphatic rings. The first-order valence-corrected chi connectivity index (χ1v) is 6.26. The minimum atomic E-state index is 0.371. The Morgan fingerprint density at radius 2 is 1.12 bits per heavy atom. The second-order valence-corrected chi connectivity index (χ2v) is 5.50. The highest BCUT2D eigenvalue weighted by molar-refractivity contribution is 6.04. The lowest BCUT2D eigenvalue weighted by Crippen LogP contribution is -2.16. The van der Waals surface area contributed by atoms with Gasteiger partial charge in [0.2, 0.25) is 0 Å². The number of allylic oxidation sites excluding steroid dienone is 4. The van der Waals surface area contributed by atoms with Crippen molar-refractivity contribution in [3.05, 3.63) is 22.3 Å². The summed E-state index contributed by atoms with van der Waals surface area (Å²) in [5.41, 5.74) is 5.02. The Morgan fingerprint density at radius 1 is 0.688 bits per heavy atom. The average molecular weight is 214 g/mol. The lowest BCUT2D eigenvalue weighted by atomic mass is 9.86.